The summed E-state index contributed by atoms with van der Waals surface area (Å²) in [5.41, 5.74) is 0. The summed E-state index contributed by atoms with van der Waals surface area (Å²) in [6, 6.07) is 0. The van der Waals surface area contributed by atoms with Gasteiger partial charge in [0.1, 0.15) is 12.2 Å². The molecule has 3 nitrogen and oxygen atoms in total. The lowest BCUT2D eigenvalue weighted by Gasteiger charge is -2.13. The van der Waals surface area contributed by atoms with Crippen molar-refractivity contribution in [1.82, 2.24) is 0 Å². The Morgan fingerprint density at radius 1 is 1.47 bits per heavy atom. The van der Waals surface area contributed by atoms with Gasteiger partial charge >= 0.3 is 12.1 Å². The van der Waals surface area contributed by atoms with Crippen molar-refractivity contribution in [2.75, 3.05) is 6.61 Å². The molecular formula is C9H13F3O3. The molecule has 0 N–H and O–H groups in total. The molecule has 0 saturated carbocycles. The lowest BCUT2D eigenvalue weighted by Crippen LogP contribution is -2.24. The van der Waals surface area contributed by atoms with Crippen LogP contribution in [0.15, 0.2) is 0 Å². The topological polar surface area (TPSA) is 43.4 Å². The van der Waals surface area contributed by atoms with Crippen molar-refractivity contribution in [3.05, 3.63) is 0 Å². The second-order valence-corrected chi connectivity index (χ2v) is 2.98. The van der Waals surface area contributed by atoms with Gasteiger partial charge in [0.15, 0.2) is 0 Å². The fourth-order valence-corrected chi connectivity index (χ4v) is 1.01. The van der Waals surface area contributed by atoms with Gasteiger partial charge in [0.05, 0.1) is 6.61 Å². The van der Waals surface area contributed by atoms with Crippen LogP contribution in [0.4, 0.5) is 13.2 Å². The van der Waals surface area contributed by atoms with Gasteiger partial charge in [-0.2, -0.15) is 13.2 Å². The van der Waals surface area contributed by atoms with Crippen molar-refractivity contribution in [2.45, 2.75) is 32.4 Å². The third-order valence-electron chi connectivity index (χ3n) is 1.79. The average molecular weight is 226 g/mol. The molecular weight excluding hydrogens is 213 g/mol. The number of aldehydes is 1. The summed E-state index contributed by atoms with van der Waals surface area (Å²) in [4.78, 5) is 20.9. The van der Waals surface area contributed by atoms with Crippen LogP contribution in [0.5, 0.6) is 0 Å². The van der Waals surface area contributed by atoms with E-state index in [9.17, 15) is 22.8 Å². The second-order valence-electron chi connectivity index (χ2n) is 2.98. The molecule has 0 unspecified atom stereocenters. The number of esters is 1. The highest BCUT2D eigenvalue weighted by Gasteiger charge is 2.38. The lowest BCUT2D eigenvalue weighted by molar-refractivity contribution is -0.176. The maximum atomic E-state index is 12.0. The van der Waals surface area contributed by atoms with Crippen molar-refractivity contribution in [2.24, 2.45) is 5.92 Å². The molecule has 6 heteroatoms. The molecule has 88 valence electrons. The first-order valence-electron chi connectivity index (χ1n) is 4.59. The molecule has 15 heavy (non-hydrogen) atoms. The molecule has 0 aromatic carbocycles. The van der Waals surface area contributed by atoms with Gasteiger partial charge in [-0.3, -0.25) is 4.79 Å². The normalized spacial score (nSPS) is 13.3. The van der Waals surface area contributed by atoms with E-state index >= 15 is 0 Å². The smallest absolute Gasteiger partial charge is 0.398 e. The van der Waals surface area contributed by atoms with E-state index in [4.69, 9.17) is 0 Å². The summed E-state index contributed by atoms with van der Waals surface area (Å²) in [5, 5.41) is 0. The number of carbonyl (C=O) groups is 2. The SMILES string of the molecule is CCOC(=O)CCC[C@@H](C=O)C(F)(F)F. The highest BCUT2D eigenvalue weighted by molar-refractivity contribution is 5.69. The Kier molecular flexibility index (Phi) is 5.96. The number of alkyl halides is 3. The standard InChI is InChI=1S/C9H13F3O3/c1-2-15-8(14)5-3-4-7(6-13)9(10,11)12/h6-7H,2-5H2,1H3/t7-/m0/s1. The summed E-state index contributed by atoms with van der Waals surface area (Å²) in [6.45, 7) is 1.82. The zero-order valence-corrected chi connectivity index (χ0v) is 8.34. The Balaban J connectivity index is 3.83. The third-order valence-corrected chi connectivity index (χ3v) is 1.79. The van der Waals surface area contributed by atoms with Crippen LogP contribution in [0.1, 0.15) is 26.2 Å². The molecule has 0 aromatic rings. The van der Waals surface area contributed by atoms with Crippen molar-refractivity contribution in [3.63, 3.8) is 0 Å². The third kappa shape index (κ3) is 6.09. The Bertz CT molecular complexity index is 213. The highest BCUT2D eigenvalue weighted by atomic mass is 19.4. The van der Waals surface area contributed by atoms with Crippen molar-refractivity contribution >= 4 is 12.3 Å². The number of halogens is 3. The van der Waals surface area contributed by atoms with Gasteiger partial charge in [-0.15, -0.1) is 0 Å². The Morgan fingerprint density at radius 3 is 2.47 bits per heavy atom. The largest absolute Gasteiger partial charge is 0.466 e. The Hall–Kier alpha value is -1.07. The lowest BCUT2D eigenvalue weighted by atomic mass is 10.0. The van der Waals surface area contributed by atoms with Crippen LogP contribution in [0.2, 0.25) is 0 Å². The van der Waals surface area contributed by atoms with E-state index in [-0.39, 0.29) is 32.2 Å². The quantitative estimate of drug-likeness (QED) is 0.514. The average Bonchev–Trinajstić information content (AvgIpc) is 2.10. The molecule has 0 radical (unpaired) electrons. The van der Waals surface area contributed by atoms with Gasteiger partial charge in [0.2, 0.25) is 0 Å². The molecule has 1 atom stereocenters. The van der Waals surface area contributed by atoms with Gasteiger partial charge in [0.25, 0.3) is 0 Å². The van der Waals surface area contributed by atoms with Crippen LogP contribution in [0.3, 0.4) is 0 Å². The minimum absolute atomic E-state index is 0.00174. The number of hydrogen-bond donors (Lipinski definition) is 0. The van der Waals surface area contributed by atoms with Crippen molar-refractivity contribution in [1.29, 1.82) is 0 Å². The summed E-state index contributed by atoms with van der Waals surface area (Å²) < 4.78 is 40.7. The van der Waals surface area contributed by atoms with E-state index < -0.39 is 18.1 Å². The predicted octanol–water partition coefficient (Wildman–Crippen LogP) is 2.10. The molecule has 0 aliphatic rings. The van der Waals surface area contributed by atoms with Gasteiger partial charge < -0.3 is 9.53 Å². The molecule has 0 aliphatic heterocycles. The fraction of sp³-hybridized carbons (Fsp3) is 0.778. The number of rotatable bonds is 6. The predicted molar refractivity (Wildman–Crippen MR) is 46.1 cm³/mol. The summed E-state index contributed by atoms with van der Waals surface area (Å²) >= 11 is 0. The fourth-order valence-electron chi connectivity index (χ4n) is 1.01. The van der Waals surface area contributed by atoms with E-state index in [1.165, 1.54) is 0 Å². The first-order chi connectivity index (χ1) is 6.91. The second kappa shape index (κ2) is 6.42. The van der Waals surface area contributed by atoms with E-state index in [0.717, 1.165) is 0 Å². The summed E-state index contributed by atoms with van der Waals surface area (Å²) in [7, 11) is 0. The monoisotopic (exact) mass is 226 g/mol. The number of ether oxygens (including phenoxy) is 1. The van der Waals surface area contributed by atoms with Crippen LogP contribution >= 0.6 is 0 Å². The Morgan fingerprint density at radius 2 is 2.07 bits per heavy atom. The molecule has 0 aliphatic carbocycles. The van der Waals surface area contributed by atoms with E-state index in [2.05, 4.69) is 4.74 Å². The van der Waals surface area contributed by atoms with Gasteiger partial charge in [0, 0.05) is 6.42 Å². The van der Waals surface area contributed by atoms with Crippen LogP contribution in [-0.4, -0.2) is 25.0 Å². The minimum Gasteiger partial charge on any atom is -0.466 e. The van der Waals surface area contributed by atoms with Gasteiger partial charge in [-0.25, -0.2) is 0 Å². The molecule has 0 saturated heterocycles. The molecule has 0 heterocycles. The van der Waals surface area contributed by atoms with Crippen LogP contribution in [0.25, 0.3) is 0 Å². The summed E-state index contributed by atoms with van der Waals surface area (Å²) in [6.07, 6.45) is -5.11. The van der Waals surface area contributed by atoms with E-state index in [0.29, 0.717) is 0 Å². The Labute approximate surface area is 85.6 Å². The number of hydrogen-bond acceptors (Lipinski definition) is 3. The first-order valence-corrected chi connectivity index (χ1v) is 4.59. The zero-order chi connectivity index (χ0) is 11.9. The van der Waals surface area contributed by atoms with Crippen LogP contribution in [0, 0.1) is 5.92 Å². The van der Waals surface area contributed by atoms with Crippen molar-refractivity contribution in [3.8, 4) is 0 Å². The van der Waals surface area contributed by atoms with E-state index in [1.54, 1.807) is 6.92 Å². The van der Waals surface area contributed by atoms with Gasteiger partial charge in [-0.05, 0) is 19.8 Å². The maximum Gasteiger partial charge on any atom is 0.398 e. The first kappa shape index (κ1) is 13.9. The molecule has 0 spiro atoms. The molecule has 0 rings (SSSR count). The maximum absolute atomic E-state index is 12.0. The number of carbonyl (C=O) groups excluding carboxylic acids is 2. The van der Waals surface area contributed by atoms with Crippen molar-refractivity contribution < 1.29 is 27.5 Å². The van der Waals surface area contributed by atoms with Gasteiger partial charge in [-0.1, -0.05) is 0 Å². The van der Waals surface area contributed by atoms with Crippen LogP contribution < -0.4 is 0 Å². The zero-order valence-electron chi connectivity index (χ0n) is 8.34. The molecule has 0 bridgehead atoms. The summed E-state index contributed by atoms with van der Waals surface area (Å²) in [5.74, 6) is -2.52. The molecule has 0 amide bonds. The van der Waals surface area contributed by atoms with E-state index in [1.807, 2.05) is 0 Å². The highest BCUT2D eigenvalue weighted by Crippen LogP contribution is 2.28. The van der Waals surface area contributed by atoms with Crippen LogP contribution in [-0.2, 0) is 14.3 Å². The molecule has 0 aromatic heterocycles. The molecule has 0 fully saturated rings. The minimum atomic E-state index is -4.52.